The number of rotatable bonds is 4. The van der Waals surface area contributed by atoms with Gasteiger partial charge >= 0.3 is 5.97 Å². The van der Waals surface area contributed by atoms with Gasteiger partial charge in [-0.05, 0) is 23.8 Å². The van der Waals surface area contributed by atoms with E-state index in [1.165, 1.54) is 0 Å². The third-order valence-electron chi connectivity index (χ3n) is 2.79. The highest BCUT2D eigenvalue weighted by molar-refractivity contribution is 6.39. The van der Waals surface area contributed by atoms with Crippen LogP contribution in [-0.4, -0.2) is 23.5 Å². The van der Waals surface area contributed by atoms with Gasteiger partial charge in [-0.3, -0.25) is 4.79 Å². The molecule has 102 valence electrons. The van der Waals surface area contributed by atoms with Crippen LogP contribution in [0.15, 0.2) is 48.5 Å². The number of esters is 1. The normalized spacial score (nSPS) is 11.3. The maximum atomic E-state index is 11.5. The summed E-state index contributed by atoms with van der Waals surface area (Å²) >= 11 is 0. The van der Waals surface area contributed by atoms with Crippen LogP contribution in [0.5, 0.6) is 0 Å². The molecule has 1 N–H and O–H groups in total. The van der Waals surface area contributed by atoms with Crippen molar-refractivity contribution in [2.75, 3.05) is 6.61 Å². The Hall–Kier alpha value is -2.62. The van der Waals surface area contributed by atoms with Crippen LogP contribution >= 0.6 is 0 Å². The zero-order valence-corrected chi connectivity index (χ0v) is 11.0. The molecule has 0 spiro atoms. The zero-order chi connectivity index (χ0) is 14.5. The summed E-state index contributed by atoms with van der Waals surface area (Å²) in [5.41, 5.74) is 0.473. The largest absolute Gasteiger partial charge is 0.507 e. The first-order valence-electron chi connectivity index (χ1n) is 6.22. The molecule has 0 saturated carbocycles. The fraction of sp³-hybridized carbons (Fsp3) is 0.125. The molecule has 0 saturated heterocycles. The number of benzene rings is 2. The van der Waals surface area contributed by atoms with Crippen LogP contribution < -0.4 is 0 Å². The Balaban J connectivity index is 2.28. The van der Waals surface area contributed by atoms with Crippen LogP contribution in [0.2, 0.25) is 0 Å². The molecule has 0 aliphatic heterocycles. The minimum atomic E-state index is -0.972. The molecule has 2 aromatic rings. The molecule has 0 radical (unpaired) electrons. The van der Waals surface area contributed by atoms with Crippen molar-refractivity contribution < 1.29 is 19.4 Å². The standard InChI is InChI=1S/C16H14O4/c1-2-20-16(19)15(18)10-14(17)13-8-7-11-5-3-4-6-12(11)9-13/h3-10,17H,2H2,1H3. The quantitative estimate of drug-likeness (QED) is 0.401. The second-order valence-corrected chi connectivity index (χ2v) is 4.18. The van der Waals surface area contributed by atoms with Crippen LogP contribution in [0.4, 0.5) is 0 Å². The first-order chi connectivity index (χ1) is 9.61. The number of hydrogen-bond donors (Lipinski definition) is 1. The lowest BCUT2D eigenvalue weighted by Gasteiger charge is -2.03. The number of hydrogen-bond acceptors (Lipinski definition) is 4. The smallest absolute Gasteiger partial charge is 0.379 e. The molecule has 0 unspecified atom stereocenters. The van der Waals surface area contributed by atoms with E-state index in [4.69, 9.17) is 0 Å². The Kier molecular flexibility index (Phi) is 4.15. The van der Waals surface area contributed by atoms with Gasteiger partial charge in [-0.15, -0.1) is 0 Å². The summed E-state index contributed by atoms with van der Waals surface area (Å²) in [7, 11) is 0. The van der Waals surface area contributed by atoms with Gasteiger partial charge in [-0.1, -0.05) is 36.4 Å². The van der Waals surface area contributed by atoms with Crippen LogP contribution in [0, 0.1) is 0 Å². The molecule has 0 fully saturated rings. The van der Waals surface area contributed by atoms with Crippen LogP contribution in [0.25, 0.3) is 16.5 Å². The van der Waals surface area contributed by atoms with E-state index in [1.54, 1.807) is 19.1 Å². The molecular formula is C16H14O4. The SMILES string of the molecule is CCOC(=O)C(=O)C=C(O)c1ccc2ccccc2c1. The van der Waals surface area contributed by atoms with Gasteiger partial charge in [0.25, 0.3) is 5.78 Å². The first kappa shape index (κ1) is 13.8. The van der Waals surface area contributed by atoms with E-state index in [9.17, 15) is 14.7 Å². The fourth-order valence-electron chi connectivity index (χ4n) is 1.82. The van der Waals surface area contributed by atoms with Crippen molar-refractivity contribution in [3.63, 3.8) is 0 Å². The Labute approximate surface area is 116 Å². The van der Waals surface area contributed by atoms with Gasteiger partial charge in [0.2, 0.25) is 0 Å². The second-order valence-electron chi connectivity index (χ2n) is 4.18. The molecule has 0 amide bonds. The summed E-state index contributed by atoms with van der Waals surface area (Å²) < 4.78 is 4.57. The highest BCUT2D eigenvalue weighted by Crippen LogP contribution is 2.19. The first-order valence-corrected chi connectivity index (χ1v) is 6.22. The van der Waals surface area contributed by atoms with E-state index in [-0.39, 0.29) is 12.4 Å². The molecule has 0 bridgehead atoms. The highest BCUT2D eigenvalue weighted by atomic mass is 16.5. The maximum absolute atomic E-state index is 11.5. The van der Waals surface area contributed by atoms with Gasteiger partial charge in [0, 0.05) is 11.6 Å². The lowest BCUT2D eigenvalue weighted by atomic mass is 10.1. The van der Waals surface area contributed by atoms with E-state index in [2.05, 4.69) is 4.74 Å². The van der Waals surface area contributed by atoms with Crippen molar-refractivity contribution in [2.24, 2.45) is 0 Å². The lowest BCUT2D eigenvalue weighted by molar-refractivity contribution is -0.151. The Bertz CT molecular complexity index is 686. The molecule has 0 aliphatic carbocycles. The number of aliphatic hydroxyl groups is 1. The summed E-state index contributed by atoms with van der Waals surface area (Å²) in [4.78, 5) is 22.7. The molecule has 0 heterocycles. The van der Waals surface area contributed by atoms with Gasteiger partial charge in [0.05, 0.1) is 6.61 Å². The summed E-state index contributed by atoms with van der Waals surface area (Å²) in [6.45, 7) is 1.73. The molecule has 0 aromatic heterocycles. The van der Waals surface area contributed by atoms with Gasteiger partial charge in [0.15, 0.2) is 0 Å². The average molecular weight is 270 g/mol. The number of aliphatic hydroxyl groups excluding tert-OH is 1. The van der Waals surface area contributed by atoms with Crippen molar-refractivity contribution in [2.45, 2.75) is 6.92 Å². The molecule has 2 aromatic carbocycles. The molecule has 2 rings (SSSR count). The maximum Gasteiger partial charge on any atom is 0.379 e. The summed E-state index contributed by atoms with van der Waals surface area (Å²) in [6, 6.07) is 12.9. The van der Waals surface area contributed by atoms with Crippen molar-refractivity contribution in [3.05, 3.63) is 54.1 Å². The van der Waals surface area contributed by atoms with E-state index in [0.29, 0.717) is 5.56 Å². The summed E-state index contributed by atoms with van der Waals surface area (Å²) in [6.07, 6.45) is 0.877. The summed E-state index contributed by atoms with van der Waals surface area (Å²) in [5, 5.41) is 11.9. The predicted octanol–water partition coefficient (Wildman–Crippen LogP) is 2.87. The van der Waals surface area contributed by atoms with E-state index in [0.717, 1.165) is 16.8 Å². The molecule has 4 heteroatoms. The molecule has 4 nitrogen and oxygen atoms in total. The average Bonchev–Trinajstić information content (AvgIpc) is 2.46. The second kappa shape index (κ2) is 6.02. The lowest BCUT2D eigenvalue weighted by Crippen LogP contribution is -2.15. The van der Waals surface area contributed by atoms with Gasteiger partial charge in [-0.2, -0.15) is 0 Å². The minimum absolute atomic E-state index is 0.120. The minimum Gasteiger partial charge on any atom is -0.507 e. The predicted molar refractivity (Wildman–Crippen MR) is 76.2 cm³/mol. The zero-order valence-electron chi connectivity index (χ0n) is 11.0. The molecule has 0 aliphatic rings. The monoisotopic (exact) mass is 270 g/mol. The van der Waals surface area contributed by atoms with Crippen LogP contribution in [0.1, 0.15) is 12.5 Å². The third kappa shape index (κ3) is 3.03. The van der Waals surface area contributed by atoms with E-state index in [1.807, 2.05) is 30.3 Å². The Morgan fingerprint density at radius 2 is 1.85 bits per heavy atom. The third-order valence-corrected chi connectivity index (χ3v) is 2.79. The van der Waals surface area contributed by atoms with E-state index < -0.39 is 11.8 Å². The fourth-order valence-corrected chi connectivity index (χ4v) is 1.82. The topological polar surface area (TPSA) is 63.6 Å². The van der Waals surface area contributed by atoms with Gasteiger partial charge in [0.1, 0.15) is 5.76 Å². The van der Waals surface area contributed by atoms with Crippen LogP contribution in [0.3, 0.4) is 0 Å². The van der Waals surface area contributed by atoms with Gasteiger partial charge < -0.3 is 9.84 Å². The van der Waals surface area contributed by atoms with Gasteiger partial charge in [-0.25, -0.2) is 4.79 Å². The van der Waals surface area contributed by atoms with Crippen molar-refractivity contribution in [3.8, 4) is 0 Å². The van der Waals surface area contributed by atoms with E-state index >= 15 is 0 Å². The molecular weight excluding hydrogens is 256 g/mol. The van der Waals surface area contributed by atoms with Crippen molar-refractivity contribution in [1.82, 2.24) is 0 Å². The van der Waals surface area contributed by atoms with Crippen LogP contribution in [-0.2, 0) is 14.3 Å². The summed E-state index contributed by atoms with van der Waals surface area (Å²) in [5.74, 6) is -2.11. The van der Waals surface area contributed by atoms with Crippen molar-refractivity contribution in [1.29, 1.82) is 0 Å². The number of ether oxygens (including phenoxy) is 1. The molecule has 0 atom stereocenters. The number of fused-ring (bicyclic) bond motifs is 1. The number of carbonyl (C=O) groups excluding carboxylic acids is 2. The Morgan fingerprint density at radius 1 is 1.15 bits per heavy atom. The Morgan fingerprint density at radius 3 is 2.55 bits per heavy atom. The highest BCUT2D eigenvalue weighted by Gasteiger charge is 2.13. The number of ketones is 1. The molecule has 20 heavy (non-hydrogen) atoms. The number of carbonyl (C=O) groups is 2. The van der Waals surface area contributed by atoms with Crippen molar-refractivity contribution >= 4 is 28.3 Å².